The number of oxime groups is 1. The van der Waals surface area contributed by atoms with Crippen LogP contribution in [-0.4, -0.2) is 30.7 Å². The molecule has 1 aliphatic heterocycles. The Kier molecular flexibility index (Phi) is 4.17. The second-order valence-electron chi connectivity index (χ2n) is 4.01. The highest BCUT2D eigenvalue weighted by atomic mass is 31.2. The summed E-state index contributed by atoms with van der Waals surface area (Å²) < 4.78 is 21.8. The summed E-state index contributed by atoms with van der Waals surface area (Å²) in [5, 5.41) is 14.4. The Morgan fingerprint density at radius 3 is 2.45 bits per heavy atom. The Morgan fingerprint density at radius 1 is 1.35 bits per heavy atom. The van der Waals surface area contributed by atoms with Crippen molar-refractivity contribution in [3.8, 4) is 0 Å². The molecule has 1 unspecified atom stereocenters. The molecule has 8 nitrogen and oxygen atoms in total. The molecule has 0 saturated carbocycles. The predicted molar refractivity (Wildman–Crippen MR) is 70.7 cm³/mol. The van der Waals surface area contributed by atoms with E-state index in [0.29, 0.717) is 11.3 Å². The van der Waals surface area contributed by atoms with Crippen LogP contribution < -0.4 is 0 Å². The first kappa shape index (κ1) is 14.6. The first-order valence-electron chi connectivity index (χ1n) is 5.69. The van der Waals surface area contributed by atoms with E-state index in [1.165, 1.54) is 26.4 Å². The van der Waals surface area contributed by atoms with E-state index < -0.39 is 18.4 Å². The first-order chi connectivity index (χ1) is 9.50. The molecule has 1 atom stereocenters. The molecule has 2 rings (SSSR count). The van der Waals surface area contributed by atoms with Crippen LogP contribution in [0.15, 0.2) is 29.4 Å². The largest absolute Gasteiger partial charge is 0.379 e. The topological polar surface area (TPSA) is 100 Å². The van der Waals surface area contributed by atoms with Gasteiger partial charge in [0, 0.05) is 32.8 Å². The Morgan fingerprint density at radius 2 is 1.95 bits per heavy atom. The monoisotopic (exact) mass is 300 g/mol. The number of hydrogen-bond acceptors (Lipinski definition) is 7. The minimum absolute atomic E-state index is 0.00994. The van der Waals surface area contributed by atoms with E-state index in [4.69, 9.17) is 13.9 Å². The molecule has 1 aromatic carbocycles. The zero-order valence-electron chi connectivity index (χ0n) is 10.9. The molecule has 0 spiro atoms. The number of nitrogens with zero attached hydrogens (tertiary/aromatic N) is 2. The molecule has 20 heavy (non-hydrogen) atoms. The lowest BCUT2D eigenvalue weighted by Gasteiger charge is -2.17. The van der Waals surface area contributed by atoms with Gasteiger partial charge in [-0.15, -0.1) is 0 Å². The number of nitro benzene ring substituents is 1. The van der Waals surface area contributed by atoms with Crippen LogP contribution in [0, 0.1) is 10.1 Å². The Balaban J connectivity index is 2.13. The average molecular weight is 300 g/mol. The number of nitro groups is 1. The van der Waals surface area contributed by atoms with Crippen LogP contribution in [0.2, 0.25) is 0 Å². The Hall–Kier alpha value is -1.76. The molecule has 0 aromatic heterocycles. The second kappa shape index (κ2) is 5.70. The molecular weight excluding hydrogens is 287 g/mol. The molecule has 1 aliphatic rings. The maximum absolute atomic E-state index is 12.1. The summed E-state index contributed by atoms with van der Waals surface area (Å²) in [6, 6.07) is 5.87. The quantitative estimate of drug-likeness (QED) is 0.470. The van der Waals surface area contributed by atoms with Gasteiger partial charge in [0.2, 0.25) is 5.85 Å². The van der Waals surface area contributed by atoms with Crippen LogP contribution in [-0.2, 0) is 18.5 Å². The molecule has 0 radical (unpaired) electrons. The van der Waals surface area contributed by atoms with Gasteiger partial charge < -0.3 is 13.9 Å². The fraction of sp³-hybridized carbons (Fsp3) is 0.364. The number of rotatable bonds is 5. The summed E-state index contributed by atoms with van der Waals surface area (Å²) in [6.07, 6.45) is 0.247. The van der Waals surface area contributed by atoms with Gasteiger partial charge in [0.05, 0.1) is 10.6 Å². The van der Waals surface area contributed by atoms with Gasteiger partial charge >= 0.3 is 7.60 Å². The third-order valence-electron chi connectivity index (χ3n) is 2.93. The minimum Gasteiger partial charge on any atom is -0.379 e. The summed E-state index contributed by atoms with van der Waals surface area (Å²) in [4.78, 5) is 15.2. The van der Waals surface area contributed by atoms with E-state index in [0.717, 1.165) is 0 Å². The van der Waals surface area contributed by atoms with Crippen LogP contribution in [0.25, 0.3) is 0 Å². The number of benzene rings is 1. The van der Waals surface area contributed by atoms with Gasteiger partial charge in [0.1, 0.15) is 0 Å². The molecule has 0 amide bonds. The standard InChI is InChI=1S/C11H13N2O6P/c1-17-20(16,18-2)11-7-10(12-19-11)8-3-5-9(6-4-8)13(14)15/h3-6,11H,7H2,1-2H3. The fourth-order valence-electron chi connectivity index (χ4n) is 1.79. The van der Waals surface area contributed by atoms with E-state index in [2.05, 4.69) is 5.16 Å². The van der Waals surface area contributed by atoms with E-state index in [9.17, 15) is 14.7 Å². The molecule has 0 bridgehead atoms. The SMILES string of the molecule is COP(=O)(OC)C1CC(c2ccc([N+](=O)[O-])cc2)=NO1. The zero-order valence-corrected chi connectivity index (χ0v) is 11.8. The molecule has 0 aliphatic carbocycles. The molecule has 0 fully saturated rings. The lowest BCUT2D eigenvalue weighted by Crippen LogP contribution is -2.11. The predicted octanol–water partition coefficient (Wildman–Crippen LogP) is 2.53. The second-order valence-corrected chi connectivity index (χ2v) is 6.40. The van der Waals surface area contributed by atoms with Gasteiger partial charge in [-0.25, -0.2) is 0 Å². The smallest absolute Gasteiger partial charge is 0.373 e. The third kappa shape index (κ3) is 2.72. The summed E-state index contributed by atoms with van der Waals surface area (Å²) in [6.45, 7) is 0. The van der Waals surface area contributed by atoms with Gasteiger partial charge in [-0.3, -0.25) is 14.7 Å². The maximum atomic E-state index is 12.1. The summed E-state index contributed by atoms with van der Waals surface area (Å²) in [5.41, 5.74) is 1.19. The lowest BCUT2D eigenvalue weighted by molar-refractivity contribution is -0.384. The van der Waals surface area contributed by atoms with Crippen LogP contribution >= 0.6 is 7.60 Å². The first-order valence-corrected chi connectivity index (χ1v) is 7.30. The van der Waals surface area contributed by atoms with Crippen molar-refractivity contribution in [3.63, 3.8) is 0 Å². The Labute approximate surface area is 115 Å². The zero-order chi connectivity index (χ0) is 14.8. The highest BCUT2D eigenvalue weighted by Crippen LogP contribution is 2.55. The van der Waals surface area contributed by atoms with Gasteiger partial charge in [-0.05, 0) is 17.7 Å². The van der Waals surface area contributed by atoms with E-state index >= 15 is 0 Å². The molecule has 1 aromatic rings. The summed E-state index contributed by atoms with van der Waals surface area (Å²) in [5.74, 6) is -0.803. The van der Waals surface area contributed by atoms with Gasteiger partial charge in [-0.1, -0.05) is 5.16 Å². The van der Waals surface area contributed by atoms with Gasteiger partial charge in [0.15, 0.2) is 0 Å². The number of hydrogen-bond donors (Lipinski definition) is 0. The summed E-state index contributed by atoms with van der Waals surface area (Å²) in [7, 11) is -0.806. The van der Waals surface area contributed by atoms with Crippen LogP contribution in [0.1, 0.15) is 12.0 Å². The molecule has 1 heterocycles. The van der Waals surface area contributed by atoms with E-state index in [-0.39, 0.29) is 12.1 Å². The highest BCUT2D eigenvalue weighted by Gasteiger charge is 2.41. The van der Waals surface area contributed by atoms with Crippen LogP contribution in [0.3, 0.4) is 0 Å². The fourth-order valence-corrected chi connectivity index (χ4v) is 2.97. The molecular formula is C11H13N2O6P. The van der Waals surface area contributed by atoms with Crippen LogP contribution in [0.5, 0.6) is 0 Å². The van der Waals surface area contributed by atoms with Crippen molar-refractivity contribution in [2.24, 2.45) is 5.16 Å². The van der Waals surface area contributed by atoms with Crippen molar-refractivity contribution < 1.29 is 23.4 Å². The van der Waals surface area contributed by atoms with Crippen molar-refractivity contribution in [1.29, 1.82) is 0 Å². The van der Waals surface area contributed by atoms with Gasteiger partial charge in [0.25, 0.3) is 5.69 Å². The molecule has 0 N–H and O–H groups in total. The van der Waals surface area contributed by atoms with Crippen molar-refractivity contribution in [1.82, 2.24) is 0 Å². The van der Waals surface area contributed by atoms with Crippen molar-refractivity contribution >= 4 is 19.0 Å². The third-order valence-corrected chi connectivity index (χ3v) is 4.93. The normalized spacial score (nSPS) is 18.5. The van der Waals surface area contributed by atoms with Crippen LogP contribution in [0.4, 0.5) is 5.69 Å². The summed E-state index contributed by atoms with van der Waals surface area (Å²) >= 11 is 0. The van der Waals surface area contributed by atoms with Crippen molar-refractivity contribution in [3.05, 3.63) is 39.9 Å². The average Bonchev–Trinajstić information content (AvgIpc) is 2.97. The molecule has 108 valence electrons. The maximum Gasteiger partial charge on any atom is 0.373 e. The molecule has 0 saturated heterocycles. The Bertz CT molecular complexity index is 577. The van der Waals surface area contributed by atoms with Gasteiger partial charge in [-0.2, -0.15) is 0 Å². The molecule has 9 heteroatoms. The van der Waals surface area contributed by atoms with E-state index in [1.54, 1.807) is 12.1 Å². The van der Waals surface area contributed by atoms with Crippen molar-refractivity contribution in [2.45, 2.75) is 12.3 Å². The van der Waals surface area contributed by atoms with E-state index in [1.807, 2.05) is 0 Å². The number of non-ortho nitro benzene ring substituents is 1. The minimum atomic E-state index is -3.36. The van der Waals surface area contributed by atoms with Crippen molar-refractivity contribution in [2.75, 3.05) is 14.2 Å². The lowest BCUT2D eigenvalue weighted by atomic mass is 10.1. The highest BCUT2D eigenvalue weighted by molar-refractivity contribution is 7.54.